The molecule has 1 aliphatic rings. The summed E-state index contributed by atoms with van der Waals surface area (Å²) in [7, 11) is 0. The van der Waals surface area contributed by atoms with Crippen molar-refractivity contribution in [1.82, 2.24) is 10.3 Å². The zero-order chi connectivity index (χ0) is 18.1. The Labute approximate surface area is 159 Å². The lowest BCUT2D eigenvalue weighted by atomic mass is 9.78. The lowest BCUT2D eigenvalue weighted by Gasteiger charge is -2.26. The molecule has 2 heterocycles. The van der Waals surface area contributed by atoms with E-state index in [1.54, 1.807) is 0 Å². The summed E-state index contributed by atoms with van der Waals surface area (Å²) >= 11 is 6.38. The molecule has 3 aromatic rings. The number of aliphatic imine (C=N–C) groups is 1. The summed E-state index contributed by atoms with van der Waals surface area (Å²) in [5, 5.41) is 5.44. The fourth-order valence-corrected chi connectivity index (χ4v) is 3.94. The van der Waals surface area contributed by atoms with Crippen LogP contribution in [0.5, 0.6) is 0 Å². The molecule has 0 unspecified atom stereocenters. The lowest BCUT2D eigenvalue weighted by molar-refractivity contribution is 0.646. The molecule has 4 heteroatoms. The second-order valence-electron chi connectivity index (χ2n) is 7.14. The Hall–Kier alpha value is -2.23. The van der Waals surface area contributed by atoms with Crippen LogP contribution < -0.4 is 5.32 Å². The molecule has 0 radical (unpaired) electrons. The van der Waals surface area contributed by atoms with Gasteiger partial charge in [-0.25, -0.2) is 0 Å². The predicted octanol–water partition coefficient (Wildman–Crippen LogP) is 5.14. The van der Waals surface area contributed by atoms with Gasteiger partial charge in [0.05, 0.1) is 11.2 Å². The van der Waals surface area contributed by atoms with Gasteiger partial charge in [0.2, 0.25) is 0 Å². The molecule has 4 rings (SSSR count). The number of benzene rings is 2. The second kappa shape index (κ2) is 6.82. The maximum Gasteiger partial charge on any atom is 0.0723 e. The standard InChI is InChI=1S/C22H22ClN3/c1-15-10-17-6-7-18(11-21(17)25-12-15)26-14-22(8-9-24-13-22)19-4-3-5-20(23)16(19)2/h3-7,10-12,14,24H,8-9,13H2,1-2H3/t22-/m0/s1. The number of pyridine rings is 1. The van der Waals surface area contributed by atoms with Gasteiger partial charge in [0.15, 0.2) is 0 Å². The number of nitrogens with zero attached hydrogens (tertiary/aromatic N) is 2. The Kier molecular flexibility index (Phi) is 4.51. The van der Waals surface area contributed by atoms with Gasteiger partial charge in [-0.2, -0.15) is 0 Å². The van der Waals surface area contributed by atoms with E-state index in [1.165, 1.54) is 11.1 Å². The molecule has 132 valence electrons. The molecular formula is C22H22ClN3. The van der Waals surface area contributed by atoms with Crippen molar-refractivity contribution in [1.29, 1.82) is 0 Å². The van der Waals surface area contributed by atoms with Crippen LogP contribution in [0, 0.1) is 13.8 Å². The van der Waals surface area contributed by atoms with Crippen molar-refractivity contribution in [2.24, 2.45) is 4.99 Å². The summed E-state index contributed by atoms with van der Waals surface area (Å²) in [5.41, 5.74) is 5.35. The number of aryl methyl sites for hydroxylation is 1. The monoisotopic (exact) mass is 363 g/mol. The largest absolute Gasteiger partial charge is 0.315 e. The Bertz CT molecular complexity index is 988. The minimum Gasteiger partial charge on any atom is -0.315 e. The van der Waals surface area contributed by atoms with E-state index in [4.69, 9.17) is 16.6 Å². The third-order valence-electron chi connectivity index (χ3n) is 5.26. The molecule has 1 aromatic heterocycles. The number of fused-ring (bicyclic) bond motifs is 1. The first-order valence-electron chi connectivity index (χ1n) is 8.95. The number of halogens is 1. The van der Waals surface area contributed by atoms with Gasteiger partial charge in [0, 0.05) is 34.8 Å². The van der Waals surface area contributed by atoms with Crippen LogP contribution in [0.25, 0.3) is 10.9 Å². The molecule has 0 bridgehead atoms. The Morgan fingerprint density at radius 2 is 2.08 bits per heavy atom. The van der Waals surface area contributed by atoms with E-state index >= 15 is 0 Å². The maximum absolute atomic E-state index is 6.38. The molecule has 1 atom stereocenters. The van der Waals surface area contributed by atoms with Gasteiger partial charge in [-0.1, -0.05) is 29.8 Å². The van der Waals surface area contributed by atoms with Crippen LogP contribution in [0.15, 0.2) is 53.7 Å². The van der Waals surface area contributed by atoms with Crippen LogP contribution >= 0.6 is 11.6 Å². The van der Waals surface area contributed by atoms with Gasteiger partial charge in [-0.15, -0.1) is 0 Å². The summed E-state index contributed by atoms with van der Waals surface area (Å²) in [6.45, 7) is 6.01. The molecule has 0 spiro atoms. The first-order chi connectivity index (χ1) is 12.6. The summed E-state index contributed by atoms with van der Waals surface area (Å²) in [5.74, 6) is 0. The van der Waals surface area contributed by atoms with Crippen molar-refractivity contribution in [3.8, 4) is 0 Å². The van der Waals surface area contributed by atoms with Gasteiger partial charge in [0.25, 0.3) is 0 Å². The highest BCUT2D eigenvalue weighted by atomic mass is 35.5. The van der Waals surface area contributed by atoms with Gasteiger partial charge >= 0.3 is 0 Å². The first-order valence-corrected chi connectivity index (χ1v) is 9.33. The molecule has 2 aromatic carbocycles. The van der Waals surface area contributed by atoms with Crippen molar-refractivity contribution >= 4 is 34.4 Å². The smallest absolute Gasteiger partial charge is 0.0723 e. The Morgan fingerprint density at radius 3 is 2.88 bits per heavy atom. The van der Waals surface area contributed by atoms with E-state index in [1.807, 2.05) is 24.4 Å². The number of rotatable bonds is 3. The molecule has 0 aliphatic carbocycles. The highest BCUT2D eigenvalue weighted by Gasteiger charge is 2.35. The van der Waals surface area contributed by atoms with Crippen LogP contribution in [-0.2, 0) is 5.41 Å². The average Bonchev–Trinajstić information content (AvgIpc) is 3.12. The van der Waals surface area contributed by atoms with E-state index in [0.29, 0.717) is 0 Å². The molecule has 1 fully saturated rings. The Balaban J connectivity index is 1.73. The van der Waals surface area contributed by atoms with Crippen LogP contribution in [-0.4, -0.2) is 24.3 Å². The van der Waals surface area contributed by atoms with Crippen LogP contribution in [0.3, 0.4) is 0 Å². The third-order valence-corrected chi connectivity index (χ3v) is 5.67. The number of nitrogens with one attached hydrogen (secondary N) is 1. The van der Waals surface area contributed by atoms with Crippen LogP contribution in [0.1, 0.15) is 23.1 Å². The molecule has 1 N–H and O–H groups in total. The van der Waals surface area contributed by atoms with Gasteiger partial charge in [-0.05, 0) is 67.8 Å². The highest BCUT2D eigenvalue weighted by molar-refractivity contribution is 6.31. The zero-order valence-corrected chi connectivity index (χ0v) is 15.8. The fraction of sp³-hybridized carbons (Fsp3) is 0.273. The third kappa shape index (κ3) is 3.13. The Morgan fingerprint density at radius 1 is 1.19 bits per heavy atom. The van der Waals surface area contributed by atoms with Gasteiger partial charge in [0.1, 0.15) is 0 Å². The van der Waals surface area contributed by atoms with Gasteiger partial charge < -0.3 is 5.32 Å². The summed E-state index contributed by atoms with van der Waals surface area (Å²) in [6.07, 6.45) is 5.01. The van der Waals surface area contributed by atoms with Crippen molar-refractivity contribution < 1.29 is 0 Å². The fourth-order valence-electron chi connectivity index (χ4n) is 3.77. The van der Waals surface area contributed by atoms with Crippen LogP contribution in [0.4, 0.5) is 5.69 Å². The minimum atomic E-state index is -0.120. The lowest BCUT2D eigenvalue weighted by Crippen LogP contribution is -2.31. The van der Waals surface area contributed by atoms with Crippen molar-refractivity contribution in [3.63, 3.8) is 0 Å². The van der Waals surface area contributed by atoms with Gasteiger partial charge in [-0.3, -0.25) is 9.98 Å². The molecule has 0 saturated carbocycles. The number of aromatic nitrogens is 1. The number of hydrogen-bond donors (Lipinski definition) is 1. The molecule has 26 heavy (non-hydrogen) atoms. The molecule has 1 aliphatic heterocycles. The zero-order valence-electron chi connectivity index (χ0n) is 15.1. The quantitative estimate of drug-likeness (QED) is 0.654. The first kappa shape index (κ1) is 17.2. The normalized spacial score (nSPS) is 20.3. The van der Waals surface area contributed by atoms with Crippen molar-refractivity contribution in [2.45, 2.75) is 25.7 Å². The van der Waals surface area contributed by atoms with Crippen molar-refractivity contribution in [3.05, 3.63) is 70.4 Å². The van der Waals surface area contributed by atoms with E-state index in [9.17, 15) is 0 Å². The topological polar surface area (TPSA) is 37.3 Å². The van der Waals surface area contributed by atoms with Crippen molar-refractivity contribution in [2.75, 3.05) is 13.1 Å². The average molecular weight is 364 g/mol. The summed E-state index contributed by atoms with van der Waals surface area (Å²) in [6, 6.07) is 14.5. The summed E-state index contributed by atoms with van der Waals surface area (Å²) < 4.78 is 0. The molecule has 3 nitrogen and oxygen atoms in total. The van der Waals surface area contributed by atoms with Crippen LogP contribution in [0.2, 0.25) is 5.02 Å². The highest BCUT2D eigenvalue weighted by Crippen LogP contribution is 2.35. The maximum atomic E-state index is 6.38. The molecule has 1 saturated heterocycles. The van der Waals surface area contributed by atoms with E-state index < -0.39 is 0 Å². The molecule has 0 amide bonds. The molecular weight excluding hydrogens is 342 g/mol. The number of hydrogen-bond acceptors (Lipinski definition) is 3. The predicted molar refractivity (Wildman–Crippen MR) is 110 cm³/mol. The van der Waals surface area contributed by atoms with E-state index in [2.05, 4.69) is 54.6 Å². The van der Waals surface area contributed by atoms with E-state index in [-0.39, 0.29) is 5.41 Å². The second-order valence-corrected chi connectivity index (χ2v) is 7.55. The SMILES string of the molecule is Cc1cnc2cc(N=C[C@]3(c4cccc(Cl)c4C)CCNC3)ccc2c1. The minimum absolute atomic E-state index is 0.120. The summed E-state index contributed by atoms with van der Waals surface area (Å²) in [4.78, 5) is 9.35. The van der Waals surface area contributed by atoms with E-state index in [0.717, 1.165) is 46.7 Å².